The zero-order valence-corrected chi connectivity index (χ0v) is 28.1. The maximum absolute atomic E-state index is 6.47. The molecule has 0 fully saturated rings. The first-order valence-electron chi connectivity index (χ1n) is 17.1. The van der Waals surface area contributed by atoms with Crippen molar-refractivity contribution in [1.82, 2.24) is 14.5 Å². The van der Waals surface area contributed by atoms with Crippen LogP contribution in [0.2, 0.25) is 0 Å². The van der Waals surface area contributed by atoms with Crippen LogP contribution >= 0.6 is 11.3 Å². The zero-order valence-electron chi connectivity index (χ0n) is 27.2. The Bertz CT molecular complexity index is 3150. The largest absolute Gasteiger partial charge is 0.455 e. The summed E-state index contributed by atoms with van der Waals surface area (Å²) in [5.74, 6) is 0.661. The first-order valence-corrected chi connectivity index (χ1v) is 17.9. The van der Waals surface area contributed by atoms with Crippen molar-refractivity contribution in [3.63, 3.8) is 0 Å². The van der Waals surface area contributed by atoms with Gasteiger partial charge in [-0.05, 0) is 48.5 Å². The van der Waals surface area contributed by atoms with Crippen LogP contribution in [-0.2, 0) is 0 Å². The van der Waals surface area contributed by atoms with E-state index < -0.39 is 0 Å². The number of para-hydroxylation sites is 3. The lowest BCUT2D eigenvalue weighted by Gasteiger charge is -2.12. The molecule has 0 N–H and O–H groups in total. The molecule has 0 spiro atoms. The average Bonchev–Trinajstić information content (AvgIpc) is 3.88. The fourth-order valence-corrected chi connectivity index (χ4v) is 8.98. The molecule has 5 heteroatoms. The number of benzene rings is 7. The molecule has 0 saturated heterocycles. The third-order valence-electron chi connectivity index (χ3n) is 10.0. The summed E-state index contributed by atoms with van der Waals surface area (Å²) < 4.78 is 11.5. The Balaban J connectivity index is 1.14. The molecular formula is C46H27N3OS. The summed E-state index contributed by atoms with van der Waals surface area (Å²) in [6, 6.07) is 57.5. The SMILES string of the molecule is c1ccc(-c2cc(-c3cccc4c3oc3ccccc34)nc(-c3cccc(-n4c5ccccc5c5c6sc7ccccc7c6ccc54)c3)n2)cc1. The molecule has 238 valence electrons. The number of aromatic nitrogens is 3. The van der Waals surface area contributed by atoms with E-state index in [1.165, 1.54) is 42.0 Å². The van der Waals surface area contributed by atoms with Crippen molar-refractivity contribution < 1.29 is 4.42 Å². The molecule has 0 atom stereocenters. The molecule has 51 heavy (non-hydrogen) atoms. The summed E-state index contributed by atoms with van der Waals surface area (Å²) in [6.45, 7) is 0. The summed E-state index contributed by atoms with van der Waals surface area (Å²) in [6.07, 6.45) is 0. The van der Waals surface area contributed by atoms with Crippen molar-refractivity contribution in [2.75, 3.05) is 0 Å². The van der Waals surface area contributed by atoms with Gasteiger partial charge in [-0.3, -0.25) is 0 Å². The third-order valence-corrected chi connectivity index (χ3v) is 11.2. The second-order valence-electron chi connectivity index (χ2n) is 12.9. The highest BCUT2D eigenvalue weighted by atomic mass is 32.1. The highest BCUT2D eigenvalue weighted by molar-refractivity contribution is 7.26. The molecule has 0 bridgehead atoms. The maximum atomic E-state index is 6.47. The first-order chi connectivity index (χ1) is 25.3. The van der Waals surface area contributed by atoms with Gasteiger partial charge in [0.2, 0.25) is 0 Å². The van der Waals surface area contributed by atoms with Gasteiger partial charge < -0.3 is 8.98 Å². The van der Waals surface area contributed by atoms with Crippen LogP contribution in [0.5, 0.6) is 0 Å². The Morgan fingerprint density at radius 2 is 1.22 bits per heavy atom. The minimum absolute atomic E-state index is 0.661. The van der Waals surface area contributed by atoms with Gasteiger partial charge in [-0.1, -0.05) is 115 Å². The Labute approximate surface area is 296 Å². The van der Waals surface area contributed by atoms with Crippen LogP contribution in [0, 0.1) is 0 Å². The molecule has 4 heterocycles. The second kappa shape index (κ2) is 11.0. The predicted molar refractivity (Wildman–Crippen MR) is 213 cm³/mol. The van der Waals surface area contributed by atoms with Crippen LogP contribution in [0.1, 0.15) is 0 Å². The van der Waals surface area contributed by atoms with Gasteiger partial charge in [0.15, 0.2) is 5.82 Å². The molecule has 4 aromatic heterocycles. The van der Waals surface area contributed by atoms with Gasteiger partial charge in [-0.15, -0.1) is 11.3 Å². The topological polar surface area (TPSA) is 43.9 Å². The van der Waals surface area contributed by atoms with Crippen LogP contribution in [0.15, 0.2) is 168 Å². The summed E-state index contributed by atoms with van der Waals surface area (Å²) >= 11 is 1.87. The van der Waals surface area contributed by atoms with Gasteiger partial charge in [-0.2, -0.15) is 0 Å². The van der Waals surface area contributed by atoms with E-state index in [4.69, 9.17) is 14.4 Å². The van der Waals surface area contributed by atoms with Gasteiger partial charge in [0.05, 0.1) is 22.4 Å². The molecule has 0 aliphatic carbocycles. The zero-order chi connectivity index (χ0) is 33.5. The van der Waals surface area contributed by atoms with Gasteiger partial charge in [0, 0.05) is 64.1 Å². The number of fused-ring (bicyclic) bond motifs is 10. The van der Waals surface area contributed by atoms with Crippen LogP contribution in [0.25, 0.3) is 104 Å². The quantitative estimate of drug-likeness (QED) is 0.187. The lowest BCUT2D eigenvalue weighted by Crippen LogP contribution is -1.98. The Kier molecular flexibility index (Phi) is 6.09. The van der Waals surface area contributed by atoms with Crippen molar-refractivity contribution in [2.45, 2.75) is 0 Å². The van der Waals surface area contributed by atoms with E-state index in [0.29, 0.717) is 5.82 Å². The first kappa shape index (κ1) is 28.3. The predicted octanol–water partition coefficient (Wildman–Crippen LogP) is 12.8. The smallest absolute Gasteiger partial charge is 0.160 e. The van der Waals surface area contributed by atoms with E-state index in [9.17, 15) is 0 Å². The standard InChI is InChI=1S/C46H27N3OS/c1-2-12-28(13-3-1)37-27-38(35-20-11-19-33-31-16-5-8-22-41(31)50-44(33)35)48-46(47-37)29-14-10-15-30(26-29)49-39-21-7-4-18-36(39)43-40(49)25-24-34-32-17-6-9-23-42(32)51-45(34)43/h1-27H. The lowest BCUT2D eigenvalue weighted by molar-refractivity contribution is 0.670. The molecular weight excluding hydrogens is 643 g/mol. The van der Waals surface area contributed by atoms with E-state index in [1.807, 2.05) is 41.7 Å². The Morgan fingerprint density at radius 3 is 2.14 bits per heavy atom. The van der Waals surface area contributed by atoms with Crippen molar-refractivity contribution in [1.29, 1.82) is 0 Å². The van der Waals surface area contributed by atoms with E-state index in [0.717, 1.165) is 55.7 Å². The highest BCUT2D eigenvalue weighted by Gasteiger charge is 2.19. The molecule has 0 saturated carbocycles. The summed E-state index contributed by atoms with van der Waals surface area (Å²) in [5.41, 5.74) is 9.70. The molecule has 0 aliphatic heterocycles. The van der Waals surface area contributed by atoms with Crippen LogP contribution < -0.4 is 0 Å². The van der Waals surface area contributed by atoms with Gasteiger partial charge in [0.1, 0.15) is 11.2 Å². The number of nitrogens with zero attached hydrogens (tertiary/aromatic N) is 3. The molecule has 7 aromatic carbocycles. The Hall–Kier alpha value is -6.56. The van der Waals surface area contributed by atoms with E-state index in [2.05, 4.69) is 138 Å². The van der Waals surface area contributed by atoms with E-state index in [-0.39, 0.29) is 0 Å². The average molecular weight is 670 g/mol. The third kappa shape index (κ3) is 4.32. The second-order valence-corrected chi connectivity index (χ2v) is 14.0. The molecule has 11 rings (SSSR count). The van der Waals surface area contributed by atoms with Crippen molar-refractivity contribution in [3.8, 4) is 39.6 Å². The number of hydrogen-bond acceptors (Lipinski definition) is 4. The van der Waals surface area contributed by atoms with Gasteiger partial charge >= 0.3 is 0 Å². The summed E-state index contributed by atoms with van der Waals surface area (Å²) in [4.78, 5) is 10.4. The number of thiophene rings is 1. The normalized spacial score (nSPS) is 11.9. The lowest BCUT2D eigenvalue weighted by atomic mass is 10.0. The van der Waals surface area contributed by atoms with Gasteiger partial charge in [-0.25, -0.2) is 9.97 Å². The van der Waals surface area contributed by atoms with E-state index >= 15 is 0 Å². The minimum Gasteiger partial charge on any atom is -0.455 e. The number of furan rings is 1. The van der Waals surface area contributed by atoms with Crippen LogP contribution in [0.3, 0.4) is 0 Å². The molecule has 0 aliphatic rings. The number of rotatable bonds is 4. The summed E-state index contributed by atoms with van der Waals surface area (Å²) in [5, 5.41) is 7.32. The van der Waals surface area contributed by atoms with Crippen LogP contribution in [0.4, 0.5) is 0 Å². The fourth-order valence-electron chi connectivity index (χ4n) is 7.72. The fraction of sp³-hybridized carbons (Fsp3) is 0. The molecule has 0 amide bonds. The summed E-state index contributed by atoms with van der Waals surface area (Å²) in [7, 11) is 0. The molecule has 4 nitrogen and oxygen atoms in total. The van der Waals surface area contributed by atoms with Crippen molar-refractivity contribution >= 4 is 75.3 Å². The minimum atomic E-state index is 0.661. The monoisotopic (exact) mass is 669 g/mol. The molecule has 0 radical (unpaired) electrons. The van der Waals surface area contributed by atoms with Gasteiger partial charge in [0.25, 0.3) is 0 Å². The molecule has 0 unspecified atom stereocenters. The van der Waals surface area contributed by atoms with E-state index in [1.54, 1.807) is 0 Å². The number of hydrogen-bond donors (Lipinski definition) is 0. The Morgan fingerprint density at radius 1 is 0.490 bits per heavy atom. The van der Waals surface area contributed by atoms with Crippen molar-refractivity contribution in [2.24, 2.45) is 0 Å². The maximum Gasteiger partial charge on any atom is 0.160 e. The van der Waals surface area contributed by atoms with Crippen molar-refractivity contribution in [3.05, 3.63) is 164 Å². The highest BCUT2D eigenvalue weighted by Crippen LogP contribution is 2.43. The van der Waals surface area contributed by atoms with Crippen LogP contribution in [-0.4, -0.2) is 14.5 Å². The molecule has 11 aromatic rings.